The summed E-state index contributed by atoms with van der Waals surface area (Å²) in [6.45, 7) is 6.09. The van der Waals surface area contributed by atoms with Gasteiger partial charge in [-0.15, -0.1) is 0 Å². The van der Waals surface area contributed by atoms with Gasteiger partial charge in [-0.1, -0.05) is 30.3 Å². The Kier molecular flexibility index (Phi) is 4.69. The van der Waals surface area contributed by atoms with E-state index in [1.807, 2.05) is 51.1 Å². The highest BCUT2D eigenvalue weighted by atomic mass is 16.5. The predicted octanol–water partition coefficient (Wildman–Crippen LogP) is 3.00. The lowest BCUT2D eigenvalue weighted by Gasteiger charge is -2.18. The Morgan fingerprint density at radius 3 is 2.38 bits per heavy atom. The monoisotopic (exact) mass is 220 g/mol. The van der Waals surface area contributed by atoms with Crippen molar-refractivity contribution in [3.63, 3.8) is 0 Å². The molecule has 2 nitrogen and oxygen atoms in total. The molecule has 0 aliphatic heterocycles. The second-order valence-corrected chi connectivity index (χ2v) is 4.93. The van der Waals surface area contributed by atoms with Gasteiger partial charge in [0.05, 0.1) is 5.60 Å². The van der Waals surface area contributed by atoms with Crippen molar-refractivity contribution in [1.82, 2.24) is 0 Å². The quantitative estimate of drug-likeness (QED) is 0.762. The molecule has 88 valence electrons. The number of hydrogen-bond donors (Lipinski definition) is 0. The zero-order valence-corrected chi connectivity index (χ0v) is 10.3. The standard InChI is InChI=1S/C14H20O2/c1-14(2,3)16-11-13(15)10-9-12-7-5-4-6-8-12/h4-8H,9-11H2,1-3H3. The van der Waals surface area contributed by atoms with Crippen LogP contribution in [0.25, 0.3) is 0 Å². The second-order valence-electron chi connectivity index (χ2n) is 4.93. The predicted molar refractivity (Wildman–Crippen MR) is 65.5 cm³/mol. The van der Waals surface area contributed by atoms with E-state index in [2.05, 4.69) is 0 Å². The van der Waals surface area contributed by atoms with Crippen LogP contribution >= 0.6 is 0 Å². The van der Waals surface area contributed by atoms with Crippen LogP contribution in [0.1, 0.15) is 32.8 Å². The lowest BCUT2D eigenvalue weighted by atomic mass is 10.1. The van der Waals surface area contributed by atoms with Gasteiger partial charge in [-0.05, 0) is 32.8 Å². The minimum absolute atomic E-state index is 0.166. The van der Waals surface area contributed by atoms with Crippen LogP contribution in [0.2, 0.25) is 0 Å². The SMILES string of the molecule is CC(C)(C)OCC(=O)CCc1ccccc1. The van der Waals surface area contributed by atoms with Gasteiger partial charge in [-0.3, -0.25) is 4.79 Å². The summed E-state index contributed by atoms with van der Waals surface area (Å²) in [5, 5.41) is 0. The third-order valence-corrected chi connectivity index (χ3v) is 2.20. The first-order valence-electron chi connectivity index (χ1n) is 5.67. The van der Waals surface area contributed by atoms with Gasteiger partial charge in [0, 0.05) is 6.42 Å². The molecule has 0 spiro atoms. The summed E-state index contributed by atoms with van der Waals surface area (Å²) in [7, 11) is 0. The topological polar surface area (TPSA) is 26.3 Å². The van der Waals surface area contributed by atoms with Gasteiger partial charge in [0.15, 0.2) is 5.78 Å². The number of benzene rings is 1. The number of ketones is 1. The number of aryl methyl sites for hydroxylation is 1. The normalized spacial score (nSPS) is 11.4. The number of hydrogen-bond acceptors (Lipinski definition) is 2. The van der Waals surface area contributed by atoms with E-state index >= 15 is 0 Å². The molecule has 0 atom stereocenters. The molecule has 1 aromatic rings. The minimum Gasteiger partial charge on any atom is -0.368 e. The third-order valence-electron chi connectivity index (χ3n) is 2.20. The fourth-order valence-corrected chi connectivity index (χ4v) is 1.30. The van der Waals surface area contributed by atoms with Crippen LogP contribution in [0, 0.1) is 0 Å². The van der Waals surface area contributed by atoms with E-state index < -0.39 is 0 Å². The summed E-state index contributed by atoms with van der Waals surface area (Å²) in [5.41, 5.74) is 0.967. The van der Waals surface area contributed by atoms with E-state index in [1.54, 1.807) is 0 Å². The number of ether oxygens (including phenoxy) is 1. The van der Waals surface area contributed by atoms with E-state index in [9.17, 15) is 4.79 Å². The molecule has 1 aromatic carbocycles. The first-order valence-corrected chi connectivity index (χ1v) is 5.67. The molecule has 0 aliphatic carbocycles. The molecule has 0 saturated heterocycles. The van der Waals surface area contributed by atoms with Crippen LogP contribution < -0.4 is 0 Å². The van der Waals surface area contributed by atoms with Crippen LogP contribution in [-0.4, -0.2) is 18.0 Å². The lowest BCUT2D eigenvalue weighted by molar-refractivity contribution is -0.128. The first kappa shape index (κ1) is 12.9. The summed E-state index contributed by atoms with van der Waals surface area (Å²) in [6, 6.07) is 10.0. The van der Waals surface area contributed by atoms with E-state index in [4.69, 9.17) is 4.74 Å². The average Bonchev–Trinajstić information content (AvgIpc) is 2.24. The maximum atomic E-state index is 11.5. The molecule has 0 heterocycles. The Morgan fingerprint density at radius 2 is 1.81 bits per heavy atom. The minimum atomic E-state index is -0.234. The molecule has 0 saturated carbocycles. The van der Waals surface area contributed by atoms with Gasteiger partial charge in [-0.25, -0.2) is 0 Å². The maximum Gasteiger partial charge on any atom is 0.158 e. The van der Waals surface area contributed by atoms with Gasteiger partial charge in [-0.2, -0.15) is 0 Å². The zero-order valence-electron chi connectivity index (χ0n) is 10.3. The summed E-state index contributed by atoms with van der Waals surface area (Å²) in [4.78, 5) is 11.5. The molecule has 16 heavy (non-hydrogen) atoms. The Bertz CT molecular complexity index is 322. The molecule has 2 heteroatoms. The highest BCUT2D eigenvalue weighted by molar-refractivity contribution is 5.79. The highest BCUT2D eigenvalue weighted by Gasteiger charge is 2.12. The number of Topliss-reactive ketones (excluding diaryl/α,β-unsaturated/α-hetero) is 1. The molecule has 1 rings (SSSR count). The van der Waals surface area contributed by atoms with E-state index in [0.29, 0.717) is 6.42 Å². The summed E-state index contributed by atoms with van der Waals surface area (Å²) >= 11 is 0. The zero-order chi connectivity index (χ0) is 12.0. The van der Waals surface area contributed by atoms with Gasteiger partial charge in [0.1, 0.15) is 6.61 Å². The van der Waals surface area contributed by atoms with Crippen molar-refractivity contribution in [2.24, 2.45) is 0 Å². The molecular formula is C14H20O2. The van der Waals surface area contributed by atoms with Crippen molar-refractivity contribution >= 4 is 5.78 Å². The van der Waals surface area contributed by atoms with Crippen LogP contribution in [0.5, 0.6) is 0 Å². The van der Waals surface area contributed by atoms with Crippen LogP contribution in [0.3, 0.4) is 0 Å². The van der Waals surface area contributed by atoms with E-state index in [1.165, 1.54) is 5.56 Å². The van der Waals surface area contributed by atoms with Crippen molar-refractivity contribution in [3.8, 4) is 0 Å². The van der Waals surface area contributed by atoms with Gasteiger partial charge in [0.2, 0.25) is 0 Å². The molecule has 0 amide bonds. The van der Waals surface area contributed by atoms with Crippen molar-refractivity contribution in [2.45, 2.75) is 39.2 Å². The number of carbonyl (C=O) groups is 1. The molecule has 0 fully saturated rings. The molecule has 0 bridgehead atoms. The Labute approximate surface area is 97.6 Å². The van der Waals surface area contributed by atoms with Crippen LogP contribution in [0.4, 0.5) is 0 Å². The molecule has 0 N–H and O–H groups in total. The molecule has 0 aliphatic rings. The van der Waals surface area contributed by atoms with Gasteiger partial charge in [0.25, 0.3) is 0 Å². The maximum absolute atomic E-state index is 11.5. The van der Waals surface area contributed by atoms with Gasteiger partial charge >= 0.3 is 0 Å². The largest absolute Gasteiger partial charge is 0.368 e. The van der Waals surface area contributed by atoms with E-state index in [-0.39, 0.29) is 18.0 Å². The molecule has 0 unspecified atom stereocenters. The van der Waals surface area contributed by atoms with Crippen molar-refractivity contribution in [1.29, 1.82) is 0 Å². The Morgan fingerprint density at radius 1 is 1.19 bits per heavy atom. The van der Waals surface area contributed by atoms with E-state index in [0.717, 1.165) is 6.42 Å². The van der Waals surface area contributed by atoms with Crippen LogP contribution in [0.15, 0.2) is 30.3 Å². The number of rotatable bonds is 5. The second kappa shape index (κ2) is 5.80. The molecular weight excluding hydrogens is 200 g/mol. The van der Waals surface area contributed by atoms with Gasteiger partial charge < -0.3 is 4.74 Å². The Hall–Kier alpha value is -1.15. The fraction of sp³-hybridized carbons (Fsp3) is 0.500. The van der Waals surface area contributed by atoms with Crippen molar-refractivity contribution < 1.29 is 9.53 Å². The molecule has 0 aromatic heterocycles. The van der Waals surface area contributed by atoms with Crippen molar-refractivity contribution in [2.75, 3.05) is 6.61 Å². The Balaban J connectivity index is 2.26. The first-order chi connectivity index (χ1) is 7.47. The third kappa shape index (κ3) is 5.66. The van der Waals surface area contributed by atoms with Crippen LogP contribution in [-0.2, 0) is 16.0 Å². The summed E-state index contributed by atoms with van der Waals surface area (Å²) < 4.78 is 5.43. The highest BCUT2D eigenvalue weighted by Crippen LogP contribution is 2.08. The summed E-state index contributed by atoms with van der Waals surface area (Å²) in [6.07, 6.45) is 1.35. The summed E-state index contributed by atoms with van der Waals surface area (Å²) in [5.74, 6) is 0.166. The van der Waals surface area contributed by atoms with Crippen molar-refractivity contribution in [3.05, 3.63) is 35.9 Å². The fourth-order valence-electron chi connectivity index (χ4n) is 1.30. The molecule has 0 radical (unpaired) electrons. The average molecular weight is 220 g/mol. The smallest absolute Gasteiger partial charge is 0.158 e. The number of carbonyl (C=O) groups excluding carboxylic acids is 1. The lowest BCUT2D eigenvalue weighted by Crippen LogP contribution is -2.23.